The molecule has 3 aromatic carbocycles. The van der Waals surface area contributed by atoms with Crippen molar-refractivity contribution in [2.24, 2.45) is 0 Å². The van der Waals surface area contributed by atoms with Gasteiger partial charge in [0.25, 0.3) is 0 Å². The number of anilines is 2. The normalized spacial score (nSPS) is 11.2. The van der Waals surface area contributed by atoms with Crippen molar-refractivity contribution in [1.82, 2.24) is 0 Å². The zero-order valence-corrected chi connectivity index (χ0v) is 15.0. The molecule has 4 rings (SSSR count). The van der Waals surface area contributed by atoms with Crippen molar-refractivity contribution in [3.05, 3.63) is 66.2 Å². The van der Waals surface area contributed by atoms with E-state index in [1.807, 2.05) is 42.5 Å². The Morgan fingerprint density at radius 2 is 1.73 bits per heavy atom. The van der Waals surface area contributed by atoms with Gasteiger partial charge >= 0.3 is 0 Å². The molecule has 26 heavy (non-hydrogen) atoms. The molecular weight excluding hydrogens is 324 g/mol. The van der Waals surface area contributed by atoms with E-state index in [2.05, 4.69) is 36.2 Å². The Hall–Kier alpha value is -3.14. The van der Waals surface area contributed by atoms with E-state index in [0.29, 0.717) is 17.9 Å². The highest BCUT2D eigenvalue weighted by molar-refractivity contribution is 6.09. The molecule has 0 aliphatic rings. The van der Waals surface area contributed by atoms with Gasteiger partial charge in [-0.3, -0.25) is 0 Å². The van der Waals surface area contributed by atoms with Crippen molar-refractivity contribution in [1.29, 1.82) is 0 Å². The number of furan rings is 1. The molecule has 0 radical (unpaired) electrons. The first kappa shape index (κ1) is 16.3. The van der Waals surface area contributed by atoms with Crippen LogP contribution < -0.4 is 10.2 Å². The molecule has 0 bridgehead atoms. The number of phenolic OH excluding ortho intramolecular Hbond substituents is 1. The van der Waals surface area contributed by atoms with E-state index in [4.69, 9.17) is 4.42 Å². The number of rotatable bonds is 5. The summed E-state index contributed by atoms with van der Waals surface area (Å²) in [5, 5.41) is 15.8. The lowest BCUT2D eigenvalue weighted by Crippen LogP contribution is -2.29. The predicted octanol–water partition coefficient (Wildman–Crippen LogP) is 5.50. The van der Waals surface area contributed by atoms with Gasteiger partial charge < -0.3 is 19.7 Å². The summed E-state index contributed by atoms with van der Waals surface area (Å²) in [6.07, 6.45) is 0. The summed E-state index contributed by atoms with van der Waals surface area (Å²) in [6.45, 7) is 5.66. The Kier molecular flexibility index (Phi) is 4.17. The molecule has 4 nitrogen and oxygen atoms in total. The summed E-state index contributed by atoms with van der Waals surface area (Å²) in [5.41, 5.74) is 4.54. The van der Waals surface area contributed by atoms with Crippen LogP contribution in [-0.4, -0.2) is 18.3 Å². The number of fused-ring (bicyclic) bond motifs is 3. The van der Waals surface area contributed by atoms with Crippen LogP contribution in [0.3, 0.4) is 0 Å². The molecule has 2 N–H and O–H groups in total. The van der Waals surface area contributed by atoms with Crippen molar-refractivity contribution in [3.63, 3.8) is 0 Å². The highest BCUT2D eigenvalue weighted by Gasteiger charge is 2.15. The molecule has 1 aromatic heterocycles. The monoisotopic (exact) mass is 346 g/mol. The minimum atomic E-state index is 0.192. The number of aryl methyl sites for hydroxylation is 1. The van der Waals surface area contributed by atoms with E-state index in [1.54, 1.807) is 6.07 Å². The van der Waals surface area contributed by atoms with Gasteiger partial charge in [0.05, 0.1) is 6.67 Å². The molecule has 0 unspecified atom stereocenters. The van der Waals surface area contributed by atoms with Crippen LogP contribution in [0.15, 0.2) is 65.1 Å². The number of benzene rings is 3. The fourth-order valence-electron chi connectivity index (χ4n) is 3.41. The maximum absolute atomic E-state index is 10.4. The average molecular weight is 346 g/mol. The summed E-state index contributed by atoms with van der Waals surface area (Å²) in [7, 11) is 0. The van der Waals surface area contributed by atoms with Gasteiger partial charge in [-0.05, 0) is 43.7 Å². The third-order valence-corrected chi connectivity index (χ3v) is 4.81. The standard InChI is InChI=1S/C22H22N2O2/c1-3-24(18-10-6-4-8-15(18)2)14-23-21-19(25)13-12-17-16-9-5-7-11-20(16)26-22(17)21/h4-13,23,25H,3,14H2,1-2H3. The number of phenols is 1. The Labute approximate surface area is 152 Å². The summed E-state index contributed by atoms with van der Waals surface area (Å²) in [6, 6.07) is 19.9. The zero-order valence-electron chi connectivity index (χ0n) is 15.0. The minimum absolute atomic E-state index is 0.192. The van der Waals surface area contributed by atoms with Gasteiger partial charge in [-0.25, -0.2) is 0 Å². The fourth-order valence-corrected chi connectivity index (χ4v) is 3.41. The molecule has 0 saturated carbocycles. The van der Waals surface area contributed by atoms with Crippen molar-refractivity contribution in [2.45, 2.75) is 13.8 Å². The van der Waals surface area contributed by atoms with Gasteiger partial charge in [0.1, 0.15) is 17.0 Å². The van der Waals surface area contributed by atoms with Crippen LogP contribution in [0.5, 0.6) is 5.75 Å². The van der Waals surface area contributed by atoms with Crippen LogP contribution in [0, 0.1) is 6.92 Å². The number of nitrogens with one attached hydrogen (secondary N) is 1. The second-order valence-electron chi connectivity index (χ2n) is 6.41. The summed E-state index contributed by atoms with van der Waals surface area (Å²) in [5.74, 6) is 0.192. The Morgan fingerprint density at radius 1 is 0.962 bits per heavy atom. The van der Waals surface area contributed by atoms with Crippen molar-refractivity contribution < 1.29 is 9.52 Å². The first-order valence-electron chi connectivity index (χ1n) is 8.86. The average Bonchev–Trinajstić information content (AvgIpc) is 3.03. The lowest BCUT2D eigenvalue weighted by atomic mass is 10.1. The summed E-state index contributed by atoms with van der Waals surface area (Å²) in [4.78, 5) is 2.23. The van der Waals surface area contributed by atoms with Crippen molar-refractivity contribution in [2.75, 3.05) is 23.4 Å². The number of hydrogen-bond acceptors (Lipinski definition) is 4. The molecule has 0 atom stereocenters. The summed E-state index contributed by atoms with van der Waals surface area (Å²) >= 11 is 0. The zero-order chi connectivity index (χ0) is 18.1. The molecule has 0 amide bonds. The van der Waals surface area contributed by atoms with E-state index in [-0.39, 0.29) is 5.75 Å². The lowest BCUT2D eigenvalue weighted by molar-refractivity contribution is 0.477. The summed E-state index contributed by atoms with van der Waals surface area (Å²) < 4.78 is 6.02. The van der Waals surface area contributed by atoms with Crippen LogP contribution in [0.25, 0.3) is 21.9 Å². The molecule has 0 aliphatic carbocycles. The second-order valence-corrected chi connectivity index (χ2v) is 6.41. The van der Waals surface area contributed by atoms with Crippen LogP contribution in [0.1, 0.15) is 12.5 Å². The van der Waals surface area contributed by atoms with Crippen molar-refractivity contribution >= 4 is 33.3 Å². The highest BCUT2D eigenvalue weighted by atomic mass is 16.3. The van der Waals surface area contributed by atoms with Crippen molar-refractivity contribution in [3.8, 4) is 5.75 Å². The largest absolute Gasteiger partial charge is 0.506 e. The van der Waals surface area contributed by atoms with Gasteiger partial charge in [-0.2, -0.15) is 0 Å². The molecule has 1 heterocycles. The maximum atomic E-state index is 10.4. The topological polar surface area (TPSA) is 48.6 Å². The molecule has 0 aliphatic heterocycles. The molecular formula is C22H22N2O2. The lowest BCUT2D eigenvalue weighted by Gasteiger charge is -2.26. The van der Waals surface area contributed by atoms with Gasteiger partial charge in [0.15, 0.2) is 5.58 Å². The van der Waals surface area contributed by atoms with E-state index in [0.717, 1.165) is 22.9 Å². The van der Waals surface area contributed by atoms with Crippen LogP contribution in [0.2, 0.25) is 0 Å². The molecule has 0 saturated heterocycles. The third kappa shape index (κ3) is 2.73. The first-order chi connectivity index (χ1) is 12.7. The van der Waals surface area contributed by atoms with Gasteiger partial charge in [0, 0.05) is 23.0 Å². The number of para-hydroxylation sites is 2. The fraction of sp³-hybridized carbons (Fsp3) is 0.182. The maximum Gasteiger partial charge on any atom is 0.162 e. The van der Waals surface area contributed by atoms with Crippen LogP contribution in [-0.2, 0) is 0 Å². The van der Waals surface area contributed by atoms with Gasteiger partial charge in [-0.1, -0.05) is 36.4 Å². The van der Waals surface area contributed by atoms with Gasteiger partial charge in [0.2, 0.25) is 0 Å². The third-order valence-electron chi connectivity index (χ3n) is 4.81. The minimum Gasteiger partial charge on any atom is -0.506 e. The number of aromatic hydroxyl groups is 1. The van der Waals surface area contributed by atoms with Crippen LogP contribution in [0.4, 0.5) is 11.4 Å². The molecule has 0 spiro atoms. The van der Waals surface area contributed by atoms with Crippen LogP contribution >= 0.6 is 0 Å². The van der Waals surface area contributed by atoms with E-state index in [1.165, 1.54) is 11.3 Å². The molecule has 0 fully saturated rings. The number of nitrogens with zero attached hydrogens (tertiary/aromatic N) is 1. The Balaban J connectivity index is 1.70. The molecule has 4 aromatic rings. The van der Waals surface area contributed by atoms with E-state index >= 15 is 0 Å². The SMILES string of the molecule is CCN(CNc1c(O)ccc2c1oc1ccccc12)c1ccccc1C. The highest BCUT2D eigenvalue weighted by Crippen LogP contribution is 2.38. The molecule has 132 valence electrons. The smallest absolute Gasteiger partial charge is 0.162 e. The quantitative estimate of drug-likeness (QED) is 0.370. The first-order valence-corrected chi connectivity index (χ1v) is 8.86. The Morgan fingerprint density at radius 3 is 2.54 bits per heavy atom. The predicted molar refractivity (Wildman–Crippen MR) is 108 cm³/mol. The molecule has 4 heteroatoms. The van der Waals surface area contributed by atoms with E-state index < -0.39 is 0 Å². The second kappa shape index (κ2) is 6.64. The Bertz CT molecular complexity index is 1070. The van der Waals surface area contributed by atoms with Gasteiger partial charge in [-0.15, -0.1) is 0 Å². The number of hydrogen-bond donors (Lipinski definition) is 2. The van der Waals surface area contributed by atoms with E-state index in [9.17, 15) is 5.11 Å².